The molecule has 0 heterocycles. The number of phenolic OH excluding ortho intramolecular Hbond substituents is 2. The van der Waals surface area contributed by atoms with E-state index in [1.807, 2.05) is 0 Å². The molecule has 0 amide bonds. The number of benzene rings is 1. The monoisotopic (exact) mass is 123 g/mol. The zero-order chi connectivity index (χ0) is 6.85. The molecule has 1 rings (SSSR count). The number of rotatable bonds is 0. The Kier molecular flexibility index (Phi) is 1.30. The van der Waals surface area contributed by atoms with Gasteiger partial charge in [0, 0.05) is 6.07 Å². The molecule has 46 valence electrons. The molecular formula is C7H7O2+. The Bertz CT molecular complexity index is 168. The van der Waals surface area contributed by atoms with Gasteiger partial charge >= 0.3 is 5.75 Å². The zero-order valence-electron chi connectivity index (χ0n) is 4.83. The molecule has 0 spiro atoms. The highest BCUT2D eigenvalue weighted by Crippen LogP contribution is 2.18. The molecule has 0 bridgehead atoms. The third-order valence-corrected chi connectivity index (χ3v) is 0.962. The fourth-order valence-corrected chi connectivity index (χ4v) is 0.656. The van der Waals surface area contributed by atoms with Gasteiger partial charge in [-0.05, 0) is 18.6 Å². The largest absolute Gasteiger partial charge is 0.508 e. The minimum atomic E-state index is 0.0417. The van der Waals surface area contributed by atoms with Crippen LogP contribution >= 0.6 is 0 Å². The summed E-state index contributed by atoms with van der Waals surface area (Å²) >= 11 is 0. The van der Waals surface area contributed by atoms with E-state index >= 15 is 0 Å². The summed E-state index contributed by atoms with van der Waals surface area (Å²) in [4.78, 5) is 0. The van der Waals surface area contributed by atoms with Crippen LogP contribution in [0.2, 0.25) is 0 Å². The fraction of sp³-hybridized carbons (Fsp3) is 0. The van der Waals surface area contributed by atoms with E-state index in [2.05, 4.69) is 6.92 Å². The van der Waals surface area contributed by atoms with Crippen LogP contribution in [0.15, 0.2) is 18.2 Å². The third kappa shape index (κ3) is 1.35. The van der Waals surface area contributed by atoms with E-state index in [4.69, 9.17) is 10.2 Å². The molecule has 0 aliphatic carbocycles. The lowest BCUT2D eigenvalue weighted by atomic mass is 10.2. The molecule has 2 N–H and O–H groups in total. The predicted molar refractivity (Wildman–Crippen MR) is 34.2 cm³/mol. The average molecular weight is 123 g/mol. The molecule has 0 aliphatic rings. The van der Waals surface area contributed by atoms with E-state index in [0.29, 0.717) is 5.56 Å². The first-order chi connectivity index (χ1) is 4.18. The van der Waals surface area contributed by atoms with Crippen LogP contribution in [0, 0.1) is 6.92 Å². The fourth-order valence-electron chi connectivity index (χ4n) is 0.656. The van der Waals surface area contributed by atoms with E-state index in [9.17, 15) is 0 Å². The van der Waals surface area contributed by atoms with Gasteiger partial charge in [0.25, 0.3) is 0 Å². The minimum Gasteiger partial charge on any atom is -0.508 e. The van der Waals surface area contributed by atoms with E-state index < -0.39 is 0 Å². The first kappa shape index (κ1) is 5.95. The van der Waals surface area contributed by atoms with Gasteiger partial charge in [0.05, 0.1) is 6.07 Å². The summed E-state index contributed by atoms with van der Waals surface area (Å²) in [5, 5.41) is 17.6. The molecule has 1 aromatic carbocycles. The highest BCUT2D eigenvalue weighted by Gasteiger charge is 1.99. The number of phenols is 2. The third-order valence-electron chi connectivity index (χ3n) is 0.962. The lowest BCUT2D eigenvalue weighted by Crippen LogP contribution is -1.70. The predicted octanol–water partition coefficient (Wildman–Crippen LogP) is 1.28. The lowest BCUT2D eigenvalue weighted by molar-refractivity contribution is 0.450. The highest BCUT2D eigenvalue weighted by atomic mass is 16.3. The van der Waals surface area contributed by atoms with E-state index in [-0.39, 0.29) is 11.5 Å². The standard InChI is InChI=1S/C7H7O2/c1-5-2-6(8)4-7(9)3-5/h2-4,8-9H,1H2/q+1. The van der Waals surface area contributed by atoms with Crippen molar-refractivity contribution in [2.75, 3.05) is 0 Å². The van der Waals surface area contributed by atoms with Crippen molar-refractivity contribution in [3.05, 3.63) is 30.7 Å². The van der Waals surface area contributed by atoms with Gasteiger partial charge in [-0.15, -0.1) is 0 Å². The minimum absolute atomic E-state index is 0.0417. The second kappa shape index (κ2) is 1.97. The quantitative estimate of drug-likeness (QED) is 0.528. The Morgan fingerprint density at radius 2 is 2.00 bits per heavy atom. The van der Waals surface area contributed by atoms with Crippen LogP contribution in [0.25, 0.3) is 0 Å². The first-order valence-electron chi connectivity index (χ1n) is 2.53. The van der Waals surface area contributed by atoms with Crippen LogP contribution in [0.4, 0.5) is 0 Å². The van der Waals surface area contributed by atoms with Gasteiger partial charge in [-0.2, -0.15) is 0 Å². The normalized spacial score (nSPS) is 9.44. The van der Waals surface area contributed by atoms with Crippen molar-refractivity contribution in [3.63, 3.8) is 0 Å². The maximum absolute atomic E-state index is 8.79. The molecule has 2 radical (unpaired) electrons. The smallest absolute Gasteiger partial charge is 0.344 e. The summed E-state index contributed by atoms with van der Waals surface area (Å²) < 4.78 is 0. The molecule has 2 heteroatoms. The zero-order valence-corrected chi connectivity index (χ0v) is 4.83. The molecule has 0 atom stereocenters. The molecular weight excluding hydrogens is 116 g/mol. The number of hydrogen-bond donors (Lipinski definition) is 1. The van der Waals surface area contributed by atoms with Crippen molar-refractivity contribution < 1.29 is 10.2 Å². The van der Waals surface area contributed by atoms with E-state index in [0.717, 1.165) is 0 Å². The summed E-state index contributed by atoms with van der Waals surface area (Å²) in [5.41, 5.74) is 0.604. The van der Waals surface area contributed by atoms with Crippen LogP contribution in [-0.4, -0.2) is 10.2 Å². The Hall–Kier alpha value is -1.18. The Balaban J connectivity index is 3.17. The van der Waals surface area contributed by atoms with Gasteiger partial charge in [0.15, 0.2) is 0 Å². The van der Waals surface area contributed by atoms with E-state index in [1.165, 1.54) is 18.2 Å². The summed E-state index contributed by atoms with van der Waals surface area (Å²) in [6.45, 7) is 3.52. The van der Waals surface area contributed by atoms with Gasteiger partial charge in [0.1, 0.15) is 5.75 Å². The van der Waals surface area contributed by atoms with Gasteiger partial charge in [-0.3, -0.25) is 5.11 Å². The van der Waals surface area contributed by atoms with Crippen molar-refractivity contribution in [1.82, 2.24) is 0 Å². The highest BCUT2D eigenvalue weighted by molar-refractivity contribution is 5.37. The first-order valence-corrected chi connectivity index (χ1v) is 2.53. The van der Waals surface area contributed by atoms with Crippen LogP contribution in [0.5, 0.6) is 11.5 Å². The van der Waals surface area contributed by atoms with Gasteiger partial charge < -0.3 is 5.11 Å². The molecule has 0 saturated heterocycles. The summed E-state index contributed by atoms with van der Waals surface area (Å²) in [5.74, 6) is 0.0833. The summed E-state index contributed by atoms with van der Waals surface area (Å²) in [6, 6.07) is 4.20. The summed E-state index contributed by atoms with van der Waals surface area (Å²) in [7, 11) is 0. The molecule has 0 aromatic heterocycles. The van der Waals surface area contributed by atoms with Crippen molar-refractivity contribution in [2.45, 2.75) is 0 Å². The van der Waals surface area contributed by atoms with Crippen LogP contribution < -0.4 is 0 Å². The average Bonchev–Trinajstić information content (AvgIpc) is 1.59. The molecule has 0 aliphatic heterocycles. The van der Waals surface area contributed by atoms with Gasteiger partial charge in [-0.25, -0.2) is 0 Å². The molecule has 2 nitrogen and oxygen atoms in total. The second-order valence-electron chi connectivity index (χ2n) is 1.86. The molecule has 1 aromatic rings. The van der Waals surface area contributed by atoms with Crippen LogP contribution in [0.1, 0.15) is 5.56 Å². The molecule has 0 saturated carbocycles. The molecule has 0 unspecified atom stereocenters. The molecule has 9 heavy (non-hydrogen) atoms. The maximum atomic E-state index is 8.79. The van der Waals surface area contributed by atoms with Crippen LogP contribution in [-0.2, 0) is 0 Å². The topological polar surface area (TPSA) is 41.6 Å². The van der Waals surface area contributed by atoms with Crippen LogP contribution in [0.3, 0.4) is 0 Å². The van der Waals surface area contributed by atoms with Crippen molar-refractivity contribution in [1.29, 1.82) is 0 Å². The van der Waals surface area contributed by atoms with Crippen molar-refractivity contribution in [2.24, 2.45) is 0 Å². The van der Waals surface area contributed by atoms with Crippen molar-refractivity contribution >= 4 is 0 Å². The van der Waals surface area contributed by atoms with E-state index in [1.54, 1.807) is 0 Å². The van der Waals surface area contributed by atoms with Gasteiger partial charge in [0.2, 0.25) is 0 Å². The Morgan fingerprint density at radius 3 is 2.44 bits per heavy atom. The molecule has 0 fully saturated rings. The number of hydrogen-bond acceptors (Lipinski definition) is 2. The maximum Gasteiger partial charge on any atom is 0.344 e. The van der Waals surface area contributed by atoms with Crippen molar-refractivity contribution in [3.8, 4) is 11.5 Å². The lowest BCUT2D eigenvalue weighted by Gasteiger charge is -1.89. The summed E-state index contributed by atoms with van der Waals surface area (Å²) in [6.07, 6.45) is 0. The second-order valence-corrected chi connectivity index (χ2v) is 1.86. The SMILES string of the molecule is [CH2]c1cc(O)cc([OH+])c1. The number of aromatic hydroxyl groups is 2. The Labute approximate surface area is 53.4 Å². The Morgan fingerprint density at radius 1 is 1.33 bits per heavy atom. The van der Waals surface area contributed by atoms with Gasteiger partial charge in [-0.1, -0.05) is 0 Å².